The number of benzene rings is 3. The van der Waals surface area contributed by atoms with Gasteiger partial charge < -0.3 is 9.64 Å². The topological polar surface area (TPSA) is 58.6 Å². The molecule has 1 N–H and O–H groups in total. The van der Waals surface area contributed by atoms with Gasteiger partial charge in [-0.05, 0) is 80.2 Å². The molecule has 8 heteroatoms. The lowest BCUT2D eigenvalue weighted by Crippen LogP contribution is -2.42. The largest absolute Gasteiger partial charge is 0.462 e. The lowest BCUT2D eigenvalue weighted by atomic mass is 10.1. The summed E-state index contributed by atoms with van der Waals surface area (Å²) in [5.41, 5.74) is 3.39. The Balaban J connectivity index is 1.88. The third-order valence-electron chi connectivity index (χ3n) is 4.81. The maximum absolute atomic E-state index is 12.8. The average Bonchev–Trinajstić information content (AvgIpc) is 2.79. The number of rotatable bonds is 6. The summed E-state index contributed by atoms with van der Waals surface area (Å²) in [7, 11) is 0. The van der Waals surface area contributed by atoms with Crippen LogP contribution in [0.15, 0.2) is 66.7 Å². The molecule has 0 spiro atoms. The van der Waals surface area contributed by atoms with Crippen LogP contribution >= 0.6 is 35.4 Å². The van der Waals surface area contributed by atoms with Crippen LogP contribution in [0.1, 0.15) is 38.8 Å². The number of carbonyl (C=O) groups is 2. The van der Waals surface area contributed by atoms with E-state index in [-0.39, 0.29) is 24.2 Å². The third kappa shape index (κ3) is 6.54. The Morgan fingerprint density at radius 3 is 2.21 bits per heavy atom. The molecule has 0 aromatic heterocycles. The van der Waals surface area contributed by atoms with Crippen molar-refractivity contribution in [2.45, 2.75) is 20.4 Å². The zero-order valence-corrected chi connectivity index (χ0v) is 20.4. The molecule has 1 amide bonds. The van der Waals surface area contributed by atoms with E-state index in [1.165, 1.54) is 0 Å². The van der Waals surface area contributed by atoms with Gasteiger partial charge in [-0.1, -0.05) is 47.0 Å². The summed E-state index contributed by atoms with van der Waals surface area (Å²) in [5.74, 6) is -0.734. The minimum Gasteiger partial charge on any atom is -0.462 e. The second-order valence-corrected chi connectivity index (χ2v) is 8.44. The normalized spacial score (nSPS) is 10.4. The summed E-state index contributed by atoms with van der Waals surface area (Å²) in [6, 6.07) is 19.1. The van der Waals surface area contributed by atoms with Gasteiger partial charge in [-0.25, -0.2) is 4.79 Å². The number of esters is 1. The van der Waals surface area contributed by atoms with Gasteiger partial charge in [0.15, 0.2) is 5.11 Å². The van der Waals surface area contributed by atoms with E-state index in [4.69, 9.17) is 40.2 Å². The zero-order valence-electron chi connectivity index (χ0n) is 18.1. The van der Waals surface area contributed by atoms with E-state index >= 15 is 0 Å². The molecule has 0 radical (unpaired) electrons. The minimum absolute atomic E-state index is 0.190. The third-order valence-corrected chi connectivity index (χ3v) is 5.72. The van der Waals surface area contributed by atoms with Gasteiger partial charge in [-0.15, -0.1) is 0 Å². The van der Waals surface area contributed by atoms with Crippen molar-refractivity contribution >= 4 is 58.1 Å². The van der Waals surface area contributed by atoms with E-state index < -0.39 is 5.97 Å². The van der Waals surface area contributed by atoms with Crippen LogP contribution in [0, 0.1) is 6.92 Å². The van der Waals surface area contributed by atoms with Crippen molar-refractivity contribution in [1.29, 1.82) is 0 Å². The van der Waals surface area contributed by atoms with Gasteiger partial charge in [0.25, 0.3) is 5.91 Å². The molecule has 0 aliphatic carbocycles. The number of aryl methyl sites for hydroxylation is 1. The Labute approximate surface area is 208 Å². The predicted octanol–water partition coefficient (Wildman–Crippen LogP) is 6.20. The standard InChI is InChI=1S/C25H22Cl2N2O3S/c1-3-32-24(31)18-9-12-21(13-10-18)29(15-19-8-11-20(26)14-22(19)27)25(33)28-23(30)17-6-4-16(2)5-7-17/h4-14H,3,15H2,1-2H3,(H,28,30,33). The highest BCUT2D eigenvalue weighted by atomic mass is 35.5. The number of anilines is 1. The number of thiocarbonyl (C=S) groups is 1. The summed E-state index contributed by atoms with van der Waals surface area (Å²) < 4.78 is 5.04. The van der Waals surface area contributed by atoms with Crippen molar-refractivity contribution in [3.05, 3.63) is 99.0 Å². The van der Waals surface area contributed by atoms with Gasteiger partial charge in [0.1, 0.15) is 0 Å². The number of carbonyl (C=O) groups excluding carboxylic acids is 2. The maximum Gasteiger partial charge on any atom is 0.338 e. The summed E-state index contributed by atoms with van der Waals surface area (Å²) >= 11 is 18.0. The first kappa shape index (κ1) is 24.7. The molecular weight excluding hydrogens is 479 g/mol. The fraction of sp³-hybridized carbons (Fsp3) is 0.160. The molecular formula is C25H22Cl2N2O3S. The van der Waals surface area contributed by atoms with Crippen LogP contribution < -0.4 is 10.2 Å². The number of amides is 1. The predicted molar refractivity (Wildman–Crippen MR) is 136 cm³/mol. The molecule has 0 bridgehead atoms. The van der Waals surface area contributed by atoms with E-state index in [0.29, 0.717) is 26.9 Å². The molecule has 3 rings (SSSR count). The van der Waals surface area contributed by atoms with Gasteiger partial charge >= 0.3 is 5.97 Å². The quantitative estimate of drug-likeness (QED) is 0.322. The first-order valence-electron chi connectivity index (χ1n) is 10.2. The molecule has 33 heavy (non-hydrogen) atoms. The highest BCUT2D eigenvalue weighted by molar-refractivity contribution is 7.80. The highest BCUT2D eigenvalue weighted by Crippen LogP contribution is 2.25. The number of ether oxygens (including phenoxy) is 1. The number of halogens is 2. The Morgan fingerprint density at radius 2 is 1.61 bits per heavy atom. The summed E-state index contributed by atoms with van der Waals surface area (Å²) in [6.07, 6.45) is 0. The summed E-state index contributed by atoms with van der Waals surface area (Å²) in [4.78, 5) is 26.5. The fourth-order valence-corrected chi connectivity index (χ4v) is 3.77. The van der Waals surface area contributed by atoms with Crippen LogP contribution in [0.2, 0.25) is 10.0 Å². The van der Waals surface area contributed by atoms with Gasteiger partial charge in [0.2, 0.25) is 0 Å². The average molecular weight is 501 g/mol. The van der Waals surface area contributed by atoms with Crippen molar-refractivity contribution in [3.8, 4) is 0 Å². The van der Waals surface area contributed by atoms with Crippen LogP contribution in [0.25, 0.3) is 0 Å². The number of hydrogen-bond donors (Lipinski definition) is 1. The van der Waals surface area contributed by atoms with Crippen LogP contribution in [-0.2, 0) is 11.3 Å². The smallest absolute Gasteiger partial charge is 0.338 e. The minimum atomic E-state index is -0.411. The highest BCUT2D eigenvalue weighted by Gasteiger charge is 2.18. The van der Waals surface area contributed by atoms with E-state index in [1.54, 1.807) is 66.4 Å². The first-order chi connectivity index (χ1) is 15.8. The van der Waals surface area contributed by atoms with Crippen molar-refractivity contribution in [3.63, 3.8) is 0 Å². The van der Waals surface area contributed by atoms with Crippen molar-refractivity contribution < 1.29 is 14.3 Å². The molecule has 170 valence electrons. The molecule has 0 fully saturated rings. The molecule has 0 aliphatic rings. The first-order valence-corrected chi connectivity index (χ1v) is 11.4. The van der Waals surface area contributed by atoms with Crippen molar-refractivity contribution in [1.82, 2.24) is 5.32 Å². The molecule has 3 aromatic carbocycles. The molecule has 3 aromatic rings. The zero-order chi connectivity index (χ0) is 24.0. The Hall–Kier alpha value is -2.93. The number of nitrogens with zero attached hydrogens (tertiary/aromatic N) is 1. The van der Waals surface area contributed by atoms with Crippen LogP contribution in [-0.4, -0.2) is 23.6 Å². The monoisotopic (exact) mass is 500 g/mol. The Kier molecular flexibility index (Phi) is 8.44. The van der Waals surface area contributed by atoms with Crippen molar-refractivity contribution in [2.24, 2.45) is 0 Å². The second-order valence-electron chi connectivity index (χ2n) is 7.21. The van der Waals surface area contributed by atoms with Crippen LogP contribution in [0.5, 0.6) is 0 Å². The van der Waals surface area contributed by atoms with E-state index in [1.807, 2.05) is 19.1 Å². The second kappa shape index (κ2) is 11.3. The van der Waals surface area contributed by atoms with Gasteiger partial charge in [0, 0.05) is 21.3 Å². The number of nitrogens with one attached hydrogen (secondary N) is 1. The molecule has 0 atom stereocenters. The lowest BCUT2D eigenvalue weighted by Gasteiger charge is -2.26. The number of hydrogen-bond acceptors (Lipinski definition) is 4. The van der Waals surface area contributed by atoms with Crippen molar-refractivity contribution in [2.75, 3.05) is 11.5 Å². The molecule has 0 heterocycles. The molecule has 0 saturated heterocycles. The van der Waals surface area contributed by atoms with Crippen LogP contribution in [0.4, 0.5) is 5.69 Å². The molecule has 0 aliphatic heterocycles. The SMILES string of the molecule is CCOC(=O)c1ccc(N(Cc2ccc(Cl)cc2Cl)C(=S)NC(=O)c2ccc(C)cc2)cc1. The lowest BCUT2D eigenvalue weighted by molar-refractivity contribution is 0.0526. The maximum atomic E-state index is 12.8. The Bertz CT molecular complexity index is 1170. The Morgan fingerprint density at radius 1 is 0.970 bits per heavy atom. The summed E-state index contributed by atoms with van der Waals surface area (Å²) in [6.45, 7) is 4.27. The molecule has 0 unspecified atom stereocenters. The van der Waals surface area contributed by atoms with Gasteiger partial charge in [-0.3, -0.25) is 10.1 Å². The molecule has 0 saturated carbocycles. The van der Waals surface area contributed by atoms with E-state index in [2.05, 4.69) is 5.32 Å². The van der Waals surface area contributed by atoms with E-state index in [0.717, 1.165) is 11.1 Å². The van der Waals surface area contributed by atoms with E-state index in [9.17, 15) is 9.59 Å². The molecule has 5 nitrogen and oxygen atoms in total. The fourth-order valence-electron chi connectivity index (χ4n) is 3.03. The van der Waals surface area contributed by atoms with Gasteiger partial charge in [0.05, 0.1) is 18.7 Å². The summed E-state index contributed by atoms with van der Waals surface area (Å²) in [5, 5.41) is 3.96. The van der Waals surface area contributed by atoms with Gasteiger partial charge in [-0.2, -0.15) is 0 Å². The van der Waals surface area contributed by atoms with Crippen LogP contribution in [0.3, 0.4) is 0 Å².